The van der Waals surface area contributed by atoms with Crippen molar-refractivity contribution in [2.24, 2.45) is 0 Å². The minimum Gasteiger partial charge on any atom is -0.436 e. The van der Waals surface area contributed by atoms with E-state index in [1.807, 2.05) is 45.1 Å². The molecule has 0 radical (unpaired) electrons. The molecule has 0 bridgehead atoms. The highest BCUT2D eigenvalue weighted by Crippen LogP contribution is 2.29. The van der Waals surface area contributed by atoms with E-state index < -0.39 is 0 Å². The van der Waals surface area contributed by atoms with Gasteiger partial charge in [0.2, 0.25) is 5.89 Å². The first-order chi connectivity index (χ1) is 9.17. The number of aryl methyl sites for hydroxylation is 1. The lowest BCUT2D eigenvalue weighted by molar-refractivity contribution is 0.617. The summed E-state index contributed by atoms with van der Waals surface area (Å²) in [4.78, 5) is 7.92. The quantitative estimate of drug-likeness (QED) is 0.488. The number of rotatable bonds is 1. The van der Waals surface area contributed by atoms with Crippen molar-refractivity contribution >= 4 is 30.1 Å². The number of oxazole rings is 1. The van der Waals surface area contributed by atoms with Gasteiger partial charge < -0.3 is 4.42 Å². The lowest BCUT2D eigenvalue weighted by atomic mass is 9.95. The van der Waals surface area contributed by atoms with Crippen LogP contribution in [0.5, 0.6) is 0 Å². The largest absolute Gasteiger partial charge is 0.436 e. The molecule has 1 aromatic heterocycles. The highest BCUT2D eigenvalue weighted by atomic mass is 16.3. The van der Waals surface area contributed by atoms with E-state index >= 15 is 0 Å². The average Bonchev–Trinajstić information content (AvgIpc) is 2.84. The number of hydrogen-bond donors (Lipinski definition) is 0. The van der Waals surface area contributed by atoms with E-state index in [1.165, 1.54) is 5.46 Å². The smallest absolute Gasteiger partial charge is 0.227 e. The van der Waals surface area contributed by atoms with Crippen molar-refractivity contribution in [3.8, 4) is 11.5 Å². The minimum absolute atomic E-state index is 0.591. The van der Waals surface area contributed by atoms with Gasteiger partial charge in [0.25, 0.3) is 0 Å². The Kier molecular flexibility index (Phi) is 2.61. The molecule has 90 valence electrons. The molecule has 0 aliphatic heterocycles. The predicted molar refractivity (Wildman–Crippen MR) is 78.6 cm³/mol. The molecule has 19 heavy (non-hydrogen) atoms. The van der Waals surface area contributed by atoms with Gasteiger partial charge in [0.15, 0.2) is 11.3 Å². The molecule has 0 fully saturated rings. The topological polar surface area (TPSA) is 30.4 Å². The van der Waals surface area contributed by atoms with Crippen molar-refractivity contribution in [3.05, 3.63) is 53.4 Å². The lowest BCUT2D eigenvalue weighted by Gasteiger charge is -1.96. The fourth-order valence-corrected chi connectivity index (χ4v) is 2.07. The Morgan fingerprint density at radius 1 is 1.21 bits per heavy atom. The Morgan fingerprint density at radius 2 is 1.95 bits per heavy atom. The zero-order valence-electron chi connectivity index (χ0n) is 10.8. The maximum atomic E-state index is 7.08. The van der Waals surface area contributed by atoms with E-state index in [9.17, 15) is 0 Å². The van der Waals surface area contributed by atoms with Crippen molar-refractivity contribution in [1.29, 1.82) is 0 Å². The molecular weight excluding hydrogens is 235 g/mol. The predicted octanol–water partition coefficient (Wildman–Crippen LogP) is 2.61. The molecule has 3 nitrogen and oxygen atoms in total. The van der Waals surface area contributed by atoms with Crippen molar-refractivity contribution in [3.63, 3.8) is 0 Å². The first-order valence-electron chi connectivity index (χ1n) is 6.03. The maximum absolute atomic E-state index is 7.08. The summed E-state index contributed by atoms with van der Waals surface area (Å²) in [5, 5.41) is 0. The molecule has 3 aromatic rings. The van der Waals surface area contributed by atoms with Gasteiger partial charge >= 0.3 is 0 Å². The van der Waals surface area contributed by atoms with Gasteiger partial charge in [0.1, 0.15) is 7.85 Å². The maximum Gasteiger partial charge on any atom is 0.227 e. The highest BCUT2D eigenvalue weighted by Gasteiger charge is 2.11. The fourth-order valence-electron chi connectivity index (χ4n) is 2.07. The van der Waals surface area contributed by atoms with Gasteiger partial charge in [-0.2, -0.15) is 0 Å². The summed E-state index contributed by atoms with van der Waals surface area (Å²) in [6.45, 7) is 9.01. The summed E-state index contributed by atoms with van der Waals surface area (Å²) in [7, 11) is 2.04. The molecule has 0 spiro atoms. The second kappa shape index (κ2) is 4.29. The molecular formula is C15H11BN2O. The molecule has 4 heteroatoms. The molecule has 0 aliphatic rings. The third-order valence-corrected chi connectivity index (χ3v) is 3.09. The molecule has 1 heterocycles. The zero-order valence-corrected chi connectivity index (χ0v) is 10.8. The van der Waals surface area contributed by atoms with Crippen molar-refractivity contribution < 1.29 is 4.42 Å². The SMILES string of the molecule is Bc1ccc(-c2nc3cc([N+]#[C-])cc(C)c3o2)cc1. The average molecular weight is 246 g/mol. The molecule has 2 aromatic carbocycles. The monoisotopic (exact) mass is 246 g/mol. The second-order valence-electron chi connectivity index (χ2n) is 4.61. The Labute approximate surface area is 112 Å². The molecule has 0 aliphatic carbocycles. The Hall–Kier alpha value is -2.54. The number of aromatic nitrogens is 1. The molecule has 0 atom stereocenters. The first kappa shape index (κ1) is 11.5. The van der Waals surface area contributed by atoms with Crippen molar-refractivity contribution in [1.82, 2.24) is 4.98 Å². The second-order valence-corrected chi connectivity index (χ2v) is 4.61. The molecule has 0 N–H and O–H groups in total. The van der Waals surface area contributed by atoms with Crippen LogP contribution in [0.2, 0.25) is 0 Å². The van der Waals surface area contributed by atoms with Crippen LogP contribution < -0.4 is 5.46 Å². The van der Waals surface area contributed by atoms with Crippen LogP contribution in [0.1, 0.15) is 5.56 Å². The molecule has 3 rings (SSSR count). The minimum atomic E-state index is 0.591. The van der Waals surface area contributed by atoms with Gasteiger partial charge in [-0.3, -0.25) is 0 Å². The van der Waals surface area contributed by atoms with Gasteiger partial charge in [-0.15, -0.1) is 0 Å². The van der Waals surface area contributed by atoms with Gasteiger partial charge in [-0.05, 0) is 24.6 Å². The number of fused-ring (bicyclic) bond motifs is 1. The van der Waals surface area contributed by atoms with Crippen LogP contribution in [-0.4, -0.2) is 12.8 Å². The normalized spacial score (nSPS) is 10.5. The fraction of sp³-hybridized carbons (Fsp3) is 0.0667. The van der Waals surface area contributed by atoms with E-state index in [1.54, 1.807) is 6.07 Å². The van der Waals surface area contributed by atoms with Crippen LogP contribution in [0.15, 0.2) is 40.8 Å². The zero-order chi connectivity index (χ0) is 13.4. The first-order valence-corrected chi connectivity index (χ1v) is 6.03. The summed E-state index contributed by atoms with van der Waals surface area (Å²) >= 11 is 0. The van der Waals surface area contributed by atoms with Crippen LogP contribution >= 0.6 is 0 Å². The standard InChI is InChI=1S/C15H11BN2O/c1-9-7-12(17-2)8-13-14(9)19-15(18-13)10-3-5-11(16)6-4-10/h3-8H,16H2,1H3. The third kappa shape index (κ3) is 2.00. The number of benzene rings is 2. The summed E-state index contributed by atoms with van der Waals surface area (Å²) < 4.78 is 5.81. The summed E-state index contributed by atoms with van der Waals surface area (Å²) in [6, 6.07) is 11.6. The Morgan fingerprint density at radius 3 is 2.63 bits per heavy atom. The van der Waals surface area contributed by atoms with Crippen LogP contribution in [0.4, 0.5) is 5.69 Å². The highest BCUT2D eigenvalue weighted by molar-refractivity contribution is 6.32. The van der Waals surface area contributed by atoms with Crippen molar-refractivity contribution in [2.75, 3.05) is 0 Å². The van der Waals surface area contributed by atoms with Crippen LogP contribution in [0, 0.1) is 13.5 Å². The molecule has 0 amide bonds. The van der Waals surface area contributed by atoms with Gasteiger partial charge in [-0.1, -0.05) is 29.7 Å². The van der Waals surface area contributed by atoms with E-state index in [-0.39, 0.29) is 0 Å². The van der Waals surface area contributed by atoms with Crippen LogP contribution in [-0.2, 0) is 0 Å². The van der Waals surface area contributed by atoms with E-state index in [0.717, 1.165) is 22.2 Å². The Bertz CT molecular complexity index is 797. The third-order valence-electron chi connectivity index (χ3n) is 3.09. The van der Waals surface area contributed by atoms with Gasteiger partial charge in [0.05, 0.1) is 12.1 Å². The Balaban J connectivity index is 2.19. The van der Waals surface area contributed by atoms with Gasteiger partial charge in [0, 0.05) is 5.56 Å². The van der Waals surface area contributed by atoms with Crippen LogP contribution in [0.3, 0.4) is 0 Å². The van der Waals surface area contributed by atoms with E-state index in [4.69, 9.17) is 11.0 Å². The van der Waals surface area contributed by atoms with E-state index in [0.29, 0.717) is 11.6 Å². The van der Waals surface area contributed by atoms with Crippen LogP contribution in [0.25, 0.3) is 27.4 Å². The van der Waals surface area contributed by atoms with E-state index in [2.05, 4.69) is 9.83 Å². The number of hydrogen-bond acceptors (Lipinski definition) is 2. The molecule has 0 saturated carbocycles. The summed E-state index contributed by atoms with van der Waals surface area (Å²) in [5.74, 6) is 0.597. The lowest BCUT2D eigenvalue weighted by Crippen LogP contribution is -1.99. The molecule has 0 saturated heterocycles. The summed E-state index contributed by atoms with van der Waals surface area (Å²) in [5.41, 5.74) is 5.17. The molecule has 0 unspecified atom stereocenters. The summed E-state index contributed by atoms with van der Waals surface area (Å²) in [6.07, 6.45) is 0. The van der Waals surface area contributed by atoms with Gasteiger partial charge in [-0.25, -0.2) is 9.83 Å². The number of nitrogens with zero attached hydrogens (tertiary/aromatic N) is 2. The van der Waals surface area contributed by atoms with Crippen molar-refractivity contribution in [2.45, 2.75) is 6.92 Å².